The summed E-state index contributed by atoms with van der Waals surface area (Å²) in [5.41, 5.74) is 2.43. The van der Waals surface area contributed by atoms with Gasteiger partial charge in [-0.15, -0.1) is 11.3 Å². The summed E-state index contributed by atoms with van der Waals surface area (Å²) in [4.78, 5) is 28.6. The highest BCUT2D eigenvalue weighted by Crippen LogP contribution is 2.29. The second kappa shape index (κ2) is 12.0. The first-order valence-corrected chi connectivity index (χ1v) is 15.8. The zero-order valence-corrected chi connectivity index (χ0v) is 24.5. The van der Waals surface area contributed by atoms with Gasteiger partial charge in [0.25, 0.3) is 5.56 Å². The van der Waals surface area contributed by atoms with Crippen LogP contribution in [-0.4, -0.2) is 78.4 Å². The van der Waals surface area contributed by atoms with Gasteiger partial charge in [0.15, 0.2) is 9.84 Å². The van der Waals surface area contributed by atoms with E-state index in [4.69, 9.17) is 0 Å². The minimum absolute atomic E-state index is 0.0145. The Morgan fingerprint density at radius 3 is 2.62 bits per heavy atom. The second-order valence-electron chi connectivity index (χ2n) is 10.1. The predicted octanol–water partition coefficient (Wildman–Crippen LogP) is 3.18. The monoisotopic (exact) mass is 582 g/mol. The maximum atomic E-state index is 13.4. The molecule has 0 saturated carbocycles. The van der Waals surface area contributed by atoms with E-state index in [1.165, 1.54) is 12.6 Å². The van der Waals surface area contributed by atoms with Gasteiger partial charge in [0.1, 0.15) is 14.9 Å². The Bertz CT molecular complexity index is 1640. The number of nitrogens with one attached hydrogen (secondary N) is 3. The van der Waals surface area contributed by atoms with Crippen LogP contribution in [0.3, 0.4) is 0 Å². The fraction of sp³-hybridized carbons (Fsp3) is 0.407. The van der Waals surface area contributed by atoms with Gasteiger partial charge in [0, 0.05) is 48.6 Å². The minimum Gasteiger partial charge on any atom is -0.381 e. The lowest BCUT2D eigenvalue weighted by molar-refractivity contribution is 0.432. The highest BCUT2D eigenvalue weighted by Gasteiger charge is 2.21. The number of hydrogen-bond acceptors (Lipinski definition) is 11. The summed E-state index contributed by atoms with van der Waals surface area (Å²) in [5.74, 6) is 0.363. The highest BCUT2D eigenvalue weighted by molar-refractivity contribution is 7.93. The van der Waals surface area contributed by atoms with Gasteiger partial charge in [-0.25, -0.2) is 18.4 Å². The third kappa shape index (κ3) is 6.33. The Labute approximate surface area is 237 Å². The van der Waals surface area contributed by atoms with Crippen LogP contribution in [-0.2, 0) is 16.4 Å². The number of thiazole rings is 1. The lowest BCUT2D eigenvalue weighted by Gasteiger charge is -2.24. The maximum absolute atomic E-state index is 13.4. The van der Waals surface area contributed by atoms with Crippen molar-refractivity contribution in [1.29, 1.82) is 0 Å². The quantitative estimate of drug-likeness (QED) is 0.256. The van der Waals surface area contributed by atoms with Crippen molar-refractivity contribution < 1.29 is 8.42 Å². The van der Waals surface area contributed by atoms with E-state index in [0.717, 1.165) is 42.2 Å². The molecule has 0 spiro atoms. The summed E-state index contributed by atoms with van der Waals surface area (Å²) < 4.78 is 27.2. The van der Waals surface area contributed by atoms with E-state index in [1.807, 2.05) is 50.2 Å². The zero-order valence-electron chi connectivity index (χ0n) is 22.8. The Morgan fingerprint density at radius 1 is 1.15 bits per heavy atom. The average molecular weight is 583 g/mol. The standard InChI is InChI=1S/C27H34N8O3S2/c1-4-35-24-18(14-22(26(35)36)25-29-17-23(39-25)40(37,38)13-12-34(2)3)15-30-27(33-24)32-20-9-7-19(8-10-20)31-21-6-5-11-28-16-21/h7-10,14-15,17,21,28,31H,4-6,11-13,16H2,1-3H3,(H,30,32,33). The van der Waals surface area contributed by atoms with Gasteiger partial charge in [-0.05, 0) is 70.7 Å². The molecule has 0 bridgehead atoms. The number of anilines is 3. The van der Waals surface area contributed by atoms with Crippen LogP contribution >= 0.6 is 11.3 Å². The van der Waals surface area contributed by atoms with E-state index in [1.54, 1.807) is 16.8 Å². The first kappa shape index (κ1) is 28.1. The van der Waals surface area contributed by atoms with E-state index in [2.05, 4.69) is 30.9 Å². The molecule has 13 heteroatoms. The van der Waals surface area contributed by atoms with Crippen LogP contribution in [0.5, 0.6) is 0 Å². The molecule has 0 radical (unpaired) electrons. The van der Waals surface area contributed by atoms with Gasteiger partial charge < -0.3 is 20.9 Å². The molecule has 1 unspecified atom stereocenters. The van der Waals surface area contributed by atoms with Crippen LogP contribution in [0.4, 0.5) is 17.3 Å². The van der Waals surface area contributed by atoms with Crippen LogP contribution in [0.15, 0.2) is 51.7 Å². The van der Waals surface area contributed by atoms with E-state index in [0.29, 0.717) is 46.7 Å². The Kier molecular flexibility index (Phi) is 8.45. The van der Waals surface area contributed by atoms with Crippen molar-refractivity contribution in [2.75, 3.05) is 50.1 Å². The number of nitrogens with zero attached hydrogens (tertiary/aromatic N) is 5. The van der Waals surface area contributed by atoms with E-state index in [9.17, 15) is 13.2 Å². The largest absolute Gasteiger partial charge is 0.381 e. The summed E-state index contributed by atoms with van der Waals surface area (Å²) >= 11 is 1.01. The second-order valence-corrected chi connectivity index (χ2v) is 13.4. The van der Waals surface area contributed by atoms with E-state index in [-0.39, 0.29) is 15.5 Å². The van der Waals surface area contributed by atoms with Crippen LogP contribution in [0, 0.1) is 0 Å². The summed E-state index contributed by atoms with van der Waals surface area (Å²) in [6.07, 6.45) is 5.32. The van der Waals surface area contributed by atoms with E-state index < -0.39 is 9.84 Å². The van der Waals surface area contributed by atoms with Crippen LogP contribution < -0.4 is 21.5 Å². The molecule has 1 saturated heterocycles. The zero-order chi connectivity index (χ0) is 28.3. The number of hydrogen-bond donors (Lipinski definition) is 3. The normalized spacial score (nSPS) is 15.9. The molecule has 0 amide bonds. The number of pyridine rings is 1. The third-order valence-corrected chi connectivity index (χ3v) is 10.1. The van der Waals surface area contributed by atoms with E-state index >= 15 is 0 Å². The van der Waals surface area contributed by atoms with Crippen LogP contribution in [0.1, 0.15) is 19.8 Å². The summed E-state index contributed by atoms with van der Waals surface area (Å²) in [6, 6.07) is 10.1. The Hall–Kier alpha value is -3.39. The highest BCUT2D eigenvalue weighted by atomic mass is 32.2. The molecule has 3 N–H and O–H groups in total. The van der Waals surface area contributed by atoms with Gasteiger partial charge in [0.05, 0.1) is 17.5 Å². The number of rotatable bonds is 10. The summed E-state index contributed by atoms with van der Waals surface area (Å²) in [6.45, 7) is 4.70. The smallest absolute Gasteiger partial charge is 0.262 e. The van der Waals surface area contributed by atoms with Crippen molar-refractivity contribution in [2.45, 2.75) is 36.6 Å². The molecular formula is C27H34N8O3S2. The Balaban J connectivity index is 1.37. The molecule has 11 nitrogen and oxygen atoms in total. The fourth-order valence-corrected chi connectivity index (χ4v) is 7.26. The number of benzene rings is 1. The van der Waals surface area contributed by atoms with Gasteiger partial charge >= 0.3 is 0 Å². The molecule has 1 aliphatic rings. The van der Waals surface area contributed by atoms with Crippen LogP contribution in [0.2, 0.25) is 0 Å². The predicted molar refractivity (Wildman–Crippen MR) is 160 cm³/mol. The van der Waals surface area contributed by atoms with Gasteiger partial charge in [0.2, 0.25) is 5.95 Å². The lowest BCUT2D eigenvalue weighted by Crippen LogP contribution is -2.38. The molecular weight excluding hydrogens is 548 g/mol. The van der Waals surface area contributed by atoms with Gasteiger partial charge in [-0.3, -0.25) is 9.36 Å². The van der Waals surface area contributed by atoms with Crippen molar-refractivity contribution in [3.05, 3.63) is 53.1 Å². The van der Waals surface area contributed by atoms with Crippen molar-refractivity contribution in [3.8, 4) is 10.6 Å². The first-order valence-electron chi connectivity index (χ1n) is 13.3. The number of fused-ring (bicyclic) bond motifs is 1. The number of piperidine rings is 1. The van der Waals surface area contributed by atoms with Gasteiger partial charge in [-0.2, -0.15) is 4.98 Å². The summed E-state index contributed by atoms with van der Waals surface area (Å²) in [5, 5.41) is 11.2. The topological polar surface area (TPSA) is 134 Å². The minimum atomic E-state index is -3.49. The number of aromatic nitrogens is 4. The fourth-order valence-electron chi connectivity index (χ4n) is 4.59. The summed E-state index contributed by atoms with van der Waals surface area (Å²) in [7, 11) is 0.151. The molecule has 1 aliphatic heterocycles. The molecule has 4 aromatic rings. The van der Waals surface area contributed by atoms with Crippen molar-refractivity contribution in [2.24, 2.45) is 0 Å². The molecule has 212 valence electrons. The average Bonchev–Trinajstić information content (AvgIpc) is 3.45. The number of aryl methyl sites for hydroxylation is 1. The maximum Gasteiger partial charge on any atom is 0.262 e. The number of sulfone groups is 1. The molecule has 3 aromatic heterocycles. The molecule has 5 rings (SSSR count). The molecule has 1 atom stereocenters. The van der Waals surface area contributed by atoms with Crippen molar-refractivity contribution in [3.63, 3.8) is 0 Å². The Morgan fingerprint density at radius 2 is 1.93 bits per heavy atom. The first-order chi connectivity index (χ1) is 19.2. The van der Waals surface area contributed by atoms with Crippen LogP contribution in [0.25, 0.3) is 21.6 Å². The van der Waals surface area contributed by atoms with Crippen molar-refractivity contribution in [1.82, 2.24) is 29.7 Å². The van der Waals surface area contributed by atoms with Gasteiger partial charge in [-0.1, -0.05) is 0 Å². The molecule has 1 aromatic carbocycles. The molecule has 1 fully saturated rings. The molecule has 0 aliphatic carbocycles. The molecule has 4 heterocycles. The van der Waals surface area contributed by atoms with Crippen molar-refractivity contribution >= 4 is 49.5 Å². The third-order valence-electron chi connectivity index (χ3n) is 6.78. The molecule has 40 heavy (non-hydrogen) atoms. The lowest BCUT2D eigenvalue weighted by atomic mass is 10.1. The SMILES string of the molecule is CCn1c(=O)c(-c2ncc(S(=O)(=O)CCN(C)C)s2)cc2cnc(Nc3ccc(NC4CCCNC4)cc3)nc21.